The van der Waals surface area contributed by atoms with E-state index >= 15 is 0 Å². The van der Waals surface area contributed by atoms with Gasteiger partial charge in [-0.3, -0.25) is 33.7 Å². The summed E-state index contributed by atoms with van der Waals surface area (Å²) in [7, 11) is 9.90. The molecule has 0 aromatic heterocycles. The summed E-state index contributed by atoms with van der Waals surface area (Å²) >= 11 is 0. The van der Waals surface area contributed by atoms with Gasteiger partial charge in [0.25, 0.3) is 0 Å². The minimum Gasteiger partial charge on any atom is -0.505 e. The number of Topliss-reactive ketones (excluding diaryl/α,β-unsaturated/α-hetero) is 4. The Kier molecular flexibility index (Phi) is 7.37. The van der Waals surface area contributed by atoms with Crippen LogP contribution in [0.5, 0.6) is 5.75 Å². The third-order valence-electron chi connectivity index (χ3n) is 8.25. The van der Waals surface area contributed by atoms with Crippen molar-refractivity contribution >= 4 is 46.3 Å². The maximum absolute atomic E-state index is 14.0. The number of primary amides is 1. The molecule has 216 valence electrons. The number of aliphatic hydroxyl groups is 1. The summed E-state index contributed by atoms with van der Waals surface area (Å²) < 4.78 is 0. The molecule has 6 atom stereocenters. The lowest BCUT2D eigenvalue weighted by molar-refractivity contribution is -0.181. The number of fused-ring (bicyclic) bond motifs is 3. The second kappa shape index (κ2) is 10.1. The Morgan fingerprint density at radius 3 is 2.23 bits per heavy atom. The smallest absolute Gasteiger partial charge is 0.238 e. The first-order valence-corrected chi connectivity index (χ1v) is 12.9. The molecule has 2 amide bonds. The van der Waals surface area contributed by atoms with Gasteiger partial charge in [-0.05, 0) is 58.6 Å². The van der Waals surface area contributed by atoms with Crippen LogP contribution in [0.25, 0.3) is 0 Å². The lowest BCUT2D eigenvalue weighted by Crippen LogP contribution is -2.74. The Balaban J connectivity index is 1.86. The number of nitrogens with two attached hydrogens (primary N) is 1. The SMILES string of the molecule is CN(C)CC(=O)Nc1cc(N(C)C)c2c(c1O)C(=O)C1C(=O)[C@]3(O)C(=O)C(C(N)=O)C(=O)[C@@H](N(C)C)[C@@H]3C[C@@H]1C2. The van der Waals surface area contributed by atoms with Crippen molar-refractivity contribution in [3.05, 3.63) is 17.2 Å². The zero-order chi connectivity index (χ0) is 30.0. The van der Waals surface area contributed by atoms with E-state index < -0.39 is 76.0 Å². The third kappa shape index (κ3) is 4.28. The molecular weight excluding hydrogens is 522 g/mol. The number of phenolic OH excluding ortho intramolecular Hbond substituents is 1. The van der Waals surface area contributed by atoms with Crippen molar-refractivity contribution < 1.29 is 39.0 Å². The lowest BCUT2D eigenvalue weighted by Gasteiger charge is -2.52. The van der Waals surface area contributed by atoms with E-state index in [0.717, 1.165) is 0 Å². The molecule has 5 N–H and O–H groups in total. The minimum atomic E-state index is -2.80. The number of amides is 2. The number of nitrogens with zero attached hydrogens (tertiary/aromatic N) is 3. The average molecular weight is 558 g/mol. The van der Waals surface area contributed by atoms with E-state index in [4.69, 9.17) is 5.73 Å². The van der Waals surface area contributed by atoms with Crippen molar-refractivity contribution in [1.82, 2.24) is 9.80 Å². The van der Waals surface area contributed by atoms with Gasteiger partial charge in [0.1, 0.15) is 5.75 Å². The van der Waals surface area contributed by atoms with E-state index in [1.54, 1.807) is 44.1 Å². The van der Waals surface area contributed by atoms with Crippen molar-refractivity contribution in [1.29, 1.82) is 0 Å². The van der Waals surface area contributed by atoms with E-state index in [1.165, 1.54) is 19.0 Å². The number of hydrogen-bond donors (Lipinski definition) is 4. The van der Waals surface area contributed by atoms with Crippen molar-refractivity contribution in [3.63, 3.8) is 0 Å². The Morgan fingerprint density at radius 2 is 1.70 bits per heavy atom. The summed E-state index contributed by atoms with van der Waals surface area (Å²) in [5.74, 6) is -11.7. The number of aromatic hydroxyl groups is 1. The fourth-order valence-electron chi connectivity index (χ4n) is 6.62. The first-order valence-electron chi connectivity index (χ1n) is 12.9. The zero-order valence-electron chi connectivity index (χ0n) is 23.3. The van der Waals surface area contributed by atoms with Gasteiger partial charge in [-0.2, -0.15) is 0 Å². The van der Waals surface area contributed by atoms with Gasteiger partial charge < -0.3 is 31.1 Å². The highest BCUT2D eigenvalue weighted by atomic mass is 16.3. The zero-order valence-corrected chi connectivity index (χ0v) is 23.3. The van der Waals surface area contributed by atoms with Crippen molar-refractivity contribution in [2.45, 2.75) is 24.5 Å². The molecule has 0 bridgehead atoms. The molecule has 0 heterocycles. The van der Waals surface area contributed by atoms with Gasteiger partial charge in [0.15, 0.2) is 34.7 Å². The van der Waals surface area contributed by atoms with Gasteiger partial charge in [-0.1, -0.05) is 0 Å². The maximum Gasteiger partial charge on any atom is 0.238 e. The van der Waals surface area contributed by atoms with Crippen LogP contribution in [0.2, 0.25) is 0 Å². The van der Waals surface area contributed by atoms with Crippen LogP contribution in [0.3, 0.4) is 0 Å². The van der Waals surface area contributed by atoms with Crippen LogP contribution in [0.15, 0.2) is 6.07 Å². The molecule has 2 fully saturated rings. The molecule has 0 spiro atoms. The molecule has 3 aliphatic carbocycles. The molecule has 0 radical (unpaired) electrons. The molecule has 13 nitrogen and oxygen atoms in total. The highest BCUT2D eigenvalue weighted by Gasteiger charge is 2.69. The highest BCUT2D eigenvalue weighted by molar-refractivity contribution is 6.32. The van der Waals surface area contributed by atoms with E-state index in [-0.39, 0.29) is 30.6 Å². The predicted octanol–water partition coefficient (Wildman–Crippen LogP) is -1.57. The van der Waals surface area contributed by atoms with Crippen LogP contribution in [-0.2, 0) is 30.4 Å². The van der Waals surface area contributed by atoms with Gasteiger partial charge in [0, 0.05) is 25.7 Å². The topological polar surface area (TPSA) is 191 Å². The number of benzene rings is 1. The van der Waals surface area contributed by atoms with Crippen LogP contribution in [0, 0.1) is 23.7 Å². The Labute approximate surface area is 231 Å². The van der Waals surface area contributed by atoms with E-state index in [2.05, 4.69) is 5.32 Å². The quantitative estimate of drug-likeness (QED) is 0.233. The number of likely N-dealkylation sites (N-methyl/N-ethyl adjacent to an activating group) is 2. The predicted molar refractivity (Wildman–Crippen MR) is 143 cm³/mol. The lowest BCUT2D eigenvalue weighted by atomic mass is 9.52. The first-order chi connectivity index (χ1) is 18.5. The molecule has 13 heteroatoms. The fraction of sp³-hybridized carbons (Fsp3) is 0.556. The Bertz CT molecular complexity index is 1340. The average Bonchev–Trinajstić information content (AvgIpc) is 2.81. The van der Waals surface area contributed by atoms with Gasteiger partial charge in [0.2, 0.25) is 11.8 Å². The summed E-state index contributed by atoms with van der Waals surface area (Å²) in [5.41, 5.74) is 3.32. The number of carbonyl (C=O) groups is 6. The Morgan fingerprint density at radius 1 is 1.07 bits per heavy atom. The maximum atomic E-state index is 14.0. The molecule has 4 rings (SSSR count). The summed E-state index contributed by atoms with van der Waals surface area (Å²) in [6.07, 6.45) is 0.0810. The molecular formula is C27H35N5O8. The van der Waals surface area contributed by atoms with E-state index in [1.807, 2.05) is 0 Å². The van der Waals surface area contributed by atoms with E-state index in [9.17, 15) is 39.0 Å². The molecule has 40 heavy (non-hydrogen) atoms. The largest absolute Gasteiger partial charge is 0.505 e. The number of hydrogen-bond acceptors (Lipinski definition) is 11. The molecule has 0 saturated heterocycles. The van der Waals surface area contributed by atoms with Crippen molar-refractivity contribution in [2.75, 3.05) is 59.0 Å². The number of phenols is 1. The van der Waals surface area contributed by atoms with Gasteiger partial charge >= 0.3 is 0 Å². The first kappa shape index (κ1) is 29.3. The number of anilines is 2. The summed E-state index contributed by atoms with van der Waals surface area (Å²) in [6.45, 7) is 0.00821. The molecule has 2 unspecified atom stereocenters. The highest BCUT2D eigenvalue weighted by Crippen LogP contribution is 2.52. The number of carbonyl (C=O) groups excluding carboxylic acids is 6. The molecule has 3 aliphatic rings. The number of nitrogens with one attached hydrogen (secondary N) is 1. The standard InChI is InChI=1S/C27H35N5O8/c1-30(2)10-16(33)29-14-9-15(31(3)4)12-7-11-8-13-20(32(5)6)23(36)19(26(28)39)25(38)27(13,40)24(37)17(11)22(35)18(12)21(14)34/h9,11,13,17,19-20,34,40H,7-8,10H2,1-6H3,(H2,28,39)(H,29,33)/t11-,13-,17?,19?,20-,27-/m0/s1. The number of rotatable bonds is 6. The van der Waals surface area contributed by atoms with Crippen LogP contribution < -0.4 is 16.0 Å². The van der Waals surface area contributed by atoms with Gasteiger partial charge in [0.05, 0.1) is 29.8 Å². The number of ketones is 4. The monoisotopic (exact) mass is 557 g/mol. The van der Waals surface area contributed by atoms with Crippen LogP contribution in [0.4, 0.5) is 11.4 Å². The van der Waals surface area contributed by atoms with Crippen LogP contribution in [-0.4, -0.2) is 115 Å². The normalized spacial score (nSPS) is 29.7. The van der Waals surface area contributed by atoms with Crippen LogP contribution >= 0.6 is 0 Å². The van der Waals surface area contributed by atoms with Crippen LogP contribution in [0.1, 0.15) is 22.3 Å². The molecule has 2 saturated carbocycles. The summed E-state index contributed by atoms with van der Waals surface area (Å²) in [5, 5.41) is 25.5. The molecule has 1 aromatic rings. The van der Waals surface area contributed by atoms with Crippen molar-refractivity contribution in [3.8, 4) is 5.75 Å². The second-order valence-corrected chi connectivity index (χ2v) is 11.6. The van der Waals surface area contributed by atoms with E-state index in [0.29, 0.717) is 11.3 Å². The van der Waals surface area contributed by atoms with Gasteiger partial charge in [-0.15, -0.1) is 0 Å². The fourth-order valence-corrected chi connectivity index (χ4v) is 6.62. The third-order valence-corrected chi connectivity index (χ3v) is 8.25. The Hall–Kier alpha value is -3.68. The second-order valence-electron chi connectivity index (χ2n) is 11.6. The minimum absolute atomic E-state index is 0.00821. The van der Waals surface area contributed by atoms with Crippen molar-refractivity contribution in [2.24, 2.45) is 29.4 Å². The molecule has 0 aliphatic heterocycles. The summed E-state index contributed by atoms with van der Waals surface area (Å²) in [4.78, 5) is 83.9. The van der Waals surface area contributed by atoms with Gasteiger partial charge in [-0.25, -0.2) is 0 Å². The summed E-state index contributed by atoms with van der Waals surface area (Å²) in [6, 6.07) is 0.377. The molecule has 1 aromatic carbocycles.